The van der Waals surface area contributed by atoms with Gasteiger partial charge < -0.3 is 9.64 Å². The molecular weight excluding hydrogens is 252 g/mol. The minimum Gasteiger partial charge on any atom is -0.486 e. The van der Waals surface area contributed by atoms with Gasteiger partial charge in [-0.1, -0.05) is 18.2 Å². The van der Waals surface area contributed by atoms with Crippen molar-refractivity contribution in [2.45, 2.75) is 39.3 Å². The minimum atomic E-state index is -0.340. The maximum atomic E-state index is 12.1. The van der Waals surface area contributed by atoms with E-state index in [9.17, 15) is 4.79 Å². The van der Waals surface area contributed by atoms with Crippen LogP contribution < -0.4 is 10.1 Å². The molecule has 0 saturated heterocycles. The van der Waals surface area contributed by atoms with Crippen LogP contribution in [0.2, 0.25) is 0 Å². The summed E-state index contributed by atoms with van der Waals surface area (Å²) in [5.41, 5.74) is 0.789. The van der Waals surface area contributed by atoms with E-state index in [0.717, 1.165) is 24.4 Å². The Balaban J connectivity index is 2.07. The van der Waals surface area contributed by atoms with Crippen LogP contribution in [0.1, 0.15) is 39.3 Å². The number of nitrogens with zero attached hydrogens (tertiary/aromatic N) is 1. The van der Waals surface area contributed by atoms with Crippen LogP contribution >= 0.6 is 0 Å². The molecule has 4 nitrogen and oxygen atoms in total. The zero-order valence-corrected chi connectivity index (χ0v) is 12.8. The molecule has 20 heavy (non-hydrogen) atoms. The monoisotopic (exact) mass is 276 g/mol. The molecule has 4 heteroatoms. The number of nitrogens with one attached hydrogen (secondary N) is 1. The molecule has 110 valence electrons. The van der Waals surface area contributed by atoms with E-state index >= 15 is 0 Å². The number of ether oxygens (including phenoxy) is 1. The van der Waals surface area contributed by atoms with Crippen molar-refractivity contribution in [1.29, 1.82) is 0 Å². The Morgan fingerprint density at radius 1 is 1.30 bits per heavy atom. The first-order chi connectivity index (χ1) is 9.49. The molecule has 0 fully saturated rings. The van der Waals surface area contributed by atoms with E-state index in [1.807, 2.05) is 50.8 Å². The van der Waals surface area contributed by atoms with E-state index in [2.05, 4.69) is 11.4 Å². The lowest BCUT2D eigenvalue weighted by molar-refractivity contribution is -0.130. The molecule has 0 aliphatic carbocycles. The molecule has 1 aromatic carbocycles. The summed E-state index contributed by atoms with van der Waals surface area (Å²) in [6, 6.07) is 8.05. The number of carbonyl (C=O) groups is 1. The van der Waals surface area contributed by atoms with Gasteiger partial charge in [-0.05, 0) is 33.8 Å². The molecule has 1 aromatic rings. The van der Waals surface area contributed by atoms with Gasteiger partial charge in [0.1, 0.15) is 11.4 Å². The largest absolute Gasteiger partial charge is 0.486 e. The van der Waals surface area contributed by atoms with Crippen molar-refractivity contribution in [3.8, 4) is 5.75 Å². The number of hydrogen-bond donors (Lipinski definition) is 1. The van der Waals surface area contributed by atoms with Gasteiger partial charge in [0.25, 0.3) is 0 Å². The van der Waals surface area contributed by atoms with E-state index in [1.165, 1.54) is 0 Å². The van der Waals surface area contributed by atoms with Gasteiger partial charge in [0, 0.05) is 18.7 Å². The van der Waals surface area contributed by atoms with E-state index in [4.69, 9.17) is 4.74 Å². The molecule has 0 bridgehead atoms. The summed E-state index contributed by atoms with van der Waals surface area (Å²) >= 11 is 0. The summed E-state index contributed by atoms with van der Waals surface area (Å²) in [7, 11) is 0. The van der Waals surface area contributed by atoms with Gasteiger partial charge in [0.2, 0.25) is 5.91 Å². The van der Waals surface area contributed by atoms with Crippen LogP contribution in [0.3, 0.4) is 0 Å². The molecule has 1 heterocycles. The van der Waals surface area contributed by atoms with Crippen LogP contribution in [0.15, 0.2) is 24.3 Å². The molecule has 1 atom stereocenters. The molecule has 1 amide bonds. The summed E-state index contributed by atoms with van der Waals surface area (Å²) in [6.07, 6.45) is 0. The predicted molar refractivity (Wildman–Crippen MR) is 79.8 cm³/mol. The van der Waals surface area contributed by atoms with Crippen LogP contribution in [-0.2, 0) is 4.79 Å². The molecule has 0 aromatic heterocycles. The Morgan fingerprint density at radius 3 is 2.60 bits per heavy atom. The Morgan fingerprint density at radius 2 is 1.95 bits per heavy atom. The van der Waals surface area contributed by atoms with Crippen molar-refractivity contribution in [2.24, 2.45) is 0 Å². The van der Waals surface area contributed by atoms with Crippen molar-refractivity contribution in [3.05, 3.63) is 29.8 Å². The van der Waals surface area contributed by atoms with Gasteiger partial charge in [-0.15, -0.1) is 0 Å². The van der Waals surface area contributed by atoms with Gasteiger partial charge in [-0.25, -0.2) is 0 Å². The fraction of sp³-hybridized carbons (Fsp3) is 0.562. The normalized spacial score (nSPS) is 19.3. The Bertz CT molecular complexity index is 481. The second-order valence-corrected chi connectivity index (χ2v) is 5.62. The molecule has 1 N–H and O–H groups in total. The molecule has 0 spiro atoms. The van der Waals surface area contributed by atoms with Crippen LogP contribution in [0.5, 0.6) is 5.75 Å². The quantitative estimate of drug-likeness (QED) is 0.897. The number of hydrogen-bond acceptors (Lipinski definition) is 3. The maximum Gasteiger partial charge on any atom is 0.236 e. The highest BCUT2D eigenvalue weighted by Gasteiger charge is 2.40. The Labute approximate surface area is 121 Å². The van der Waals surface area contributed by atoms with Crippen molar-refractivity contribution in [1.82, 2.24) is 10.2 Å². The van der Waals surface area contributed by atoms with Gasteiger partial charge in [-0.2, -0.15) is 0 Å². The second-order valence-electron chi connectivity index (χ2n) is 5.62. The summed E-state index contributed by atoms with van der Waals surface area (Å²) in [4.78, 5) is 13.9. The average molecular weight is 276 g/mol. The Hall–Kier alpha value is -1.55. The molecule has 1 aliphatic rings. The molecule has 0 radical (unpaired) electrons. The van der Waals surface area contributed by atoms with Crippen LogP contribution in [0, 0.1) is 0 Å². The second kappa shape index (κ2) is 5.83. The average Bonchev–Trinajstić information content (AvgIpc) is 2.67. The highest BCUT2D eigenvalue weighted by molar-refractivity contribution is 5.78. The highest BCUT2D eigenvalue weighted by Crippen LogP contribution is 2.42. The number of fused-ring (bicyclic) bond motifs is 1. The van der Waals surface area contributed by atoms with Crippen molar-refractivity contribution in [2.75, 3.05) is 19.6 Å². The minimum absolute atomic E-state index is 0.0400. The summed E-state index contributed by atoms with van der Waals surface area (Å²) in [5.74, 6) is 1.04. The third-order valence-electron chi connectivity index (χ3n) is 3.87. The van der Waals surface area contributed by atoms with Crippen LogP contribution in [0.4, 0.5) is 0 Å². The molecule has 0 saturated carbocycles. The van der Waals surface area contributed by atoms with Crippen molar-refractivity contribution >= 4 is 5.91 Å². The number of benzene rings is 1. The third-order valence-corrected chi connectivity index (χ3v) is 3.87. The maximum absolute atomic E-state index is 12.1. The van der Waals surface area contributed by atoms with E-state index in [-0.39, 0.29) is 17.6 Å². The van der Waals surface area contributed by atoms with Crippen LogP contribution in [-0.4, -0.2) is 36.0 Å². The number of carbonyl (C=O) groups excluding carboxylic acids is 1. The summed E-state index contributed by atoms with van der Waals surface area (Å²) in [6.45, 7) is 9.93. The first-order valence-electron chi connectivity index (χ1n) is 7.28. The summed E-state index contributed by atoms with van der Waals surface area (Å²) < 4.78 is 5.96. The van der Waals surface area contributed by atoms with Gasteiger partial charge >= 0.3 is 0 Å². The zero-order chi connectivity index (χ0) is 14.8. The Kier molecular flexibility index (Phi) is 4.33. The fourth-order valence-electron chi connectivity index (χ4n) is 2.76. The molecule has 2 rings (SSSR count). The standard InChI is InChI=1S/C16H24N2O2/c1-5-18(6-2)14(19)11-17-15-12-9-7-8-10-13(12)20-16(15,3)4/h7-10,15,17H,5-6,11H2,1-4H3. The third kappa shape index (κ3) is 2.80. The lowest BCUT2D eigenvalue weighted by Crippen LogP contribution is -2.44. The van der Waals surface area contributed by atoms with Crippen LogP contribution in [0.25, 0.3) is 0 Å². The number of rotatable bonds is 5. The first-order valence-corrected chi connectivity index (χ1v) is 7.28. The van der Waals surface area contributed by atoms with Crippen molar-refractivity contribution in [3.63, 3.8) is 0 Å². The first kappa shape index (κ1) is 14.9. The lowest BCUT2D eigenvalue weighted by atomic mass is 9.94. The summed E-state index contributed by atoms with van der Waals surface area (Å²) in [5, 5.41) is 3.36. The topological polar surface area (TPSA) is 41.6 Å². The van der Waals surface area contributed by atoms with Gasteiger partial charge in [0.15, 0.2) is 0 Å². The van der Waals surface area contributed by atoms with Crippen molar-refractivity contribution < 1.29 is 9.53 Å². The molecule has 1 unspecified atom stereocenters. The van der Waals surface area contributed by atoms with E-state index in [1.54, 1.807) is 0 Å². The predicted octanol–water partition coefficient (Wildman–Crippen LogP) is 2.36. The van der Waals surface area contributed by atoms with E-state index in [0.29, 0.717) is 6.54 Å². The fourth-order valence-corrected chi connectivity index (χ4v) is 2.76. The highest BCUT2D eigenvalue weighted by atomic mass is 16.5. The SMILES string of the molecule is CCN(CC)C(=O)CNC1c2ccccc2OC1(C)C. The number of para-hydroxylation sites is 1. The smallest absolute Gasteiger partial charge is 0.236 e. The van der Waals surface area contributed by atoms with Gasteiger partial charge in [0.05, 0.1) is 12.6 Å². The zero-order valence-electron chi connectivity index (χ0n) is 12.8. The molecule has 1 aliphatic heterocycles. The van der Waals surface area contributed by atoms with E-state index < -0.39 is 0 Å². The lowest BCUT2D eigenvalue weighted by Gasteiger charge is -2.28. The number of amides is 1. The van der Waals surface area contributed by atoms with Gasteiger partial charge in [-0.3, -0.25) is 10.1 Å². The molecular formula is C16H24N2O2. The number of likely N-dealkylation sites (N-methyl/N-ethyl adjacent to an activating group) is 1.